The number of rotatable bonds is 7. The highest BCUT2D eigenvalue weighted by molar-refractivity contribution is 5.97. The van der Waals surface area contributed by atoms with Crippen molar-refractivity contribution in [2.45, 2.75) is 19.4 Å². The molecular formula is C24H33N3O3+2. The number of hydrogen-bond donors (Lipinski definition) is 2. The van der Waals surface area contributed by atoms with E-state index in [0.717, 1.165) is 62.9 Å². The number of carbonyl (C=O) groups excluding carboxylic acids is 1. The van der Waals surface area contributed by atoms with E-state index in [-0.39, 0.29) is 11.9 Å². The SMILES string of the molecule is COc1ccc(OCC[NH+]2CC[NH+]([C@@H](C)C(=O)N3CCc4ccccc43)CC2)cc1. The molecule has 6 nitrogen and oxygen atoms in total. The molecule has 0 saturated carbocycles. The molecule has 2 N–H and O–H groups in total. The number of fused-ring (bicyclic) bond motifs is 1. The molecule has 2 aromatic rings. The Labute approximate surface area is 179 Å². The molecule has 2 heterocycles. The molecule has 1 amide bonds. The summed E-state index contributed by atoms with van der Waals surface area (Å²) in [6.07, 6.45) is 0.968. The van der Waals surface area contributed by atoms with Crippen molar-refractivity contribution in [3.8, 4) is 11.5 Å². The van der Waals surface area contributed by atoms with E-state index in [9.17, 15) is 4.79 Å². The van der Waals surface area contributed by atoms with Crippen LogP contribution in [0, 0.1) is 0 Å². The first-order valence-corrected chi connectivity index (χ1v) is 11.0. The van der Waals surface area contributed by atoms with Crippen molar-refractivity contribution in [3.63, 3.8) is 0 Å². The van der Waals surface area contributed by atoms with Crippen molar-refractivity contribution >= 4 is 11.6 Å². The second-order valence-corrected chi connectivity index (χ2v) is 8.27. The lowest BCUT2D eigenvalue weighted by Gasteiger charge is -2.34. The minimum Gasteiger partial charge on any atom is -0.497 e. The summed E-state index contributed by atoms with van der Waals surface area (Å²) in [4.78, 5) is 18.1. The maximum absolute atomic E-state index is 13.1. The zero-order valence-corrected chi connectivity index (χ0v) is 18.0. The minimum atomic E-state index is 0.00764. The van der Waals surface area contributed by atoms with Crippen molar-refractivity contribution < 1.29 is 24.1 Å². The van der Waals surface area contributed by atoms with Crippen LogP contribution in [0.25, 0.3) is 0 Å². The fourth-order valence-electron chi connectivity index (χ4n) is 4.57. The summed E-state index contributed by atoms with van der Waals surface area (Å²) in [6.45, 7) is 8.81. The van der Waals surface area contributed by atoms with Crippen LogP contribution < -0.4 is 24.2 Å². The Morgan fingerprint density at radius 2 is 1.73 bits per heavy atom. The van der Waals surface area contributed by atoms with Crippen molar-refractivity contribution in [3.05, 3.63) is 54.1 Å². The molecule has 2 aliphatic rings. The summed E-state index contributed by atoms with van der Waals surface area (Å²) < 4.78 is 11.1. The van der Waals surface area contributed by atoms with E-state index in [4.69, 9.17) is 9.47 Å². The molecule has 6 heteroatoms. The number of hydrogen-bond acceptors (Lipinski definition) is 3. The lowest BCUT2D eigenvalue weighted by atomic mass is 10.1. The lowest BCUT2D eigenvalue weighted by molar-refractivity contribution is -1.02. The molecule has 0 radical (unpaired) electrons. The minimum absolute atomic E-state index is 0.00764. The van der Waals surface area contributed by atoms with Gasteiger partial charge in [-0.1, -0.05) is 18.2 Å². The zero-order valence-electron chi connectivity index (χ0n) is 18.0. The van der Waals surface area contributed by atoms with E-state index in [1.165, 1.54) is 10.5 Å². The Hall–Kier alpha value is -2.57. The van der Waals surface area contributed by atoms with Gasteiger partial charge in [-0.25, -0.2) is 0 Å². The largest absolute Gasteiger partial charge is 0.497 e. The monoisotopic (exact) mass is 411 g/mol. The molecule has 1 saturated heterocycles. The number of anilines is 1. The summed E-state index contributed by atoms with van der Waals surface area (Å²) in [5.74, 6) is 1.99. The van der Waals surface area contributed by atoms with Gasteiger partial charge in [0.2, 0.25) is 0 Å². The fourth-order valence-corrected chi connectivity index (χ4v) is 4.57. The number of para-hydroxylation sites is 1. The number of benzene rings is 2. The van der Waals surface area contributed by atoms with Gasteiger partial charge < -0.3 is 24.2 Å². The van der Waals surface area contributed by atoms with E-state index in [1.807, 2.05) is 35.2 Å². The number of ether oxygens (including phenoxy) is 2. The maximum Gasteiger partial charge on any atom is 0.284 e. The first-order valence-electron chi connectivity index (χ1n) is 11.0. The van der Waals surface area contributed by atoms with Crippen molar-refractivity contribution in [1.82, 2.24) is 0 Å². The lowest BCUT2D eigenvalue weighted by Crippen LogP contribution is -3.30. The predicted octanol–water partition coefficient (Wildman–Crippen LogP) is -0.165. The van der Waals surface area contributed by atoms with E-state index in [1.54, 1.807) is 12.0 Å². The van der Waals surface area contributed by atoms with Crippen molar-refractivity contribution in [2.24, 2.45) is 0 Å². The standard InChI is InChI=1S/C24H31N3O3/c1-19(24(28)27-12-11-20-5-3-4-6-23(20)27)26-15-13-25(14-16-26)17-18-30-22-9-7-21(29-2)8-10-22/h3-10,19H,11-18H2,1-2H3/p+2/t19-/m0/s1. The Morgan fingerprint density at radius 1 is 1.03 bits per heavy atom. The Morgan fingerprint density at radius 3 is 2.47 bits per heavy atom. The first-order chi connectivity index (χ1) is 14.7. The van der Waals surface area contributed by atoms with Gasteiger partial charge in [0.1, 0.15) is 50.8 Å². The Kier molecular flexibility index (Phi) is 6.55. The number of quaternary nitrogens is 2. The van der Waals surface area contributed by atoms with Crippen LogP contribution >= 0.6 is 0 Å². The van der Waals surface area contributed by atoms with E-state index >= 15 is 0 Å². The number of methoxy groups -OCH3 is 1. The van der Waals surface area contributed by atoms with Crippen LogP contribution in [0.2, 0.25) is 0 Å². The summed E-state index contributed by atoms with van der Waals surface area (Å²) in [7, 11) is 1.67. The van der Waals surface area contributed by atoms with Crippen LogP contribution in [0.4, 0.5) is 5.69 Å². The molecule has 30 heavy (non-hydrogen) atoms. The normalized spacial score (nSPS) is 21.7. The molecule has 1 atom stereocenters. The molecule has 0 bridgehead atoms. The number of carbonyl (C=O) groups is 1. The molecule has 2 aliphatic heterocycles. The average molecular weight is 412 g/mol. The quantitative estimate of drug-likeness (QED) is 0.666. The third-order valence-electron chi connectivity index (χ3n) is 6.52. The van der Waals surface area contributed by atoms with Gasteiger partial charge in [-0.3, -0.25) is 4.79 Å². The number of amides is 1. The molecule has 160 valence electrons. The molecule has 0 aliphatic carbocycles. The van der Waals surface area contributed by atoms with Gasteiger partial charge in [0.25, 0.3) is 5.91 Å². The van der Waals surface area contributed by atoms with Crippen LogP contribution in [0.15, 0.2) is 48.5 Å². The average Bonchev–Trinajstić information content (AvgIpc) is 3.23. The summed E-state index contributed by atoms with van der Waals surface area (Å²) in [6, 6.07) is 16.0. The predicted molar refractivity (Wildman–Crippen MR) is 117 cm³/mol. The van der Waals surface area contributed by atoms with Gasteiger partial charge in [-0.2, -0.15) is 0 Å². The third kappa shape index (κ3) is 4.60. The molecule has 4 rings (SSSR count). The molecule has 0 spiro atoms. The molecule has 0 aromatic heterocycles. The number of nitrogens with zero attached hydrogens (tertiary/aromatic N) is 1. The summed E-state index contributed by atoms with van der Waals surface area (Å²) in [5.41, 5.74) is 2.40. The van der Waals surface area contributed by atoms with Gasteiger partial charge in [-0.05, 0) is 49.2 Å². The van der Waals surface area contributed by atoms with Gasteiger partial charge in [0, 0.05) is 12.2 Å². The molecular weight excluding hydrogens is 378 g/mol. The zero-order chi connectivity index (χ0) is 20.9. The van der Waals surface area contributed by atoms with Crippen LogP contribution in [0.1, 0.15) is 12.5 Å². The van der Waals surface area contributed by atoms with Gasteiger partial charge in [-0.15, -0.1) is 0 Å². The molecule has 0 unspecified atom stereocenters. The topological polar surface area (TPSA) is 47.7 Å². The van der Waals surface area contributed by atoms with Crippen LogP contribution in [0.3, 0.4) is 0 Å². The highest BCUT2D eigenvalue weighted by Gasteiger charge is 2.35. The second-order valence-electron chi connectivity index (χ2n) is 8.27. The van der Waals surface area contributed by atoms with Crippen LogP contribution in [-0.2, 0) is 11.2 Å². The van der Waals surface area contributed by atoms with Crippen molar-refractivity contribution in [1.29, 1.82) is 0 Å². The second kappa shape index (κ2) is 9.49. The highest BCUT2D eigenvalue weighted by atomic mass is 16.5. The third-order valence-corrected chi connectivity index (χ3v) is 6.52. The summed E-state index contributed by atoms with van der Waals surface area (Å²) in [5, 5.41) is 0. The van der Waals surface area contributed by atoms with Crippen LogP contribution in [-0.4, -0.2) is 64.9 Å². The maximum atomic E-state index is 13.1. The molecule has 1 fully saturated rings. The Bertz CT molecular complexity index is 847. The van der Waals surface area contributed by atoms with Crippen LogP contribution in [0.5, 0.6) is 11.5 Å². The van der Waals surface area contributed by atoms with E-state index < -0.39 is 0 Å². The number of nitrogens with one attached hydrogen (secondary N) is 2. The summed E-state index contributed by atoms with van der Waals surface area (Å²) >= 11 is 0. The Balaban J connectivity index is 1.21. The smallest absolute Gasteiger partial charge is 0.284 e. The van der Waals surface area contributed by atoms with E-state index in [0.29, 0.717) is 6.61 Å². The van der Waals surface area contributed by atoms with Gasteiger partial charge in [0.05, 0.1) is 7.11 Å². The highest BCUT2D eigenvalue weighted by Crippen LogP contribution is 2.27. The number of piperazine rings is 1. The fraction of sp³-hybridized carbons (Fsp3) is 0.458. The van der Waals surface area contributed by atoms with E-state index in [2.05, 4.69) is 25.1 Å². The van der Waals surface area contributed by atoms with Gasteiger partial charge >= 0.3 is 0 Å². The molecule has 2 aromatic carbocycles. The first kappa shape index (κ1) is 20.7. The van der Waals surface area contributed by atoms with Gasteiger partial charge in [0.15, 0.2) is 6.04 Å². The van der Waals surface area contributed by atoms with Crippen molar-refractivity contribution in [2.75, 3.05) is 57.9 Å².